The van der Waals surface area contributed by atoms with E-state index in [0.29, 0.717) is 31.6 Å². The van der Waals surface area contributed by atoms with E-state index < -0.39 is 17.5 Å². The van der Waals surface area contributed by atoms with Crippen LogP contribution in [0.15, 0.2) is 54.6 Å². The second-order valence-electron chi connectivity index (χ2n) is 11.4. The van der Waals surface area contributed by atoms with Gasteiger partial charge in [0.05, 0.1) is 11.6 Å². The van der Waals surface area contributed by atoms with E-state index in [4.69, 9.17) is 4.74 Å². The minimum Gasteiger partial charge on any atom is -0.491 e. The Morgan fingerprint density at radius 1 is 0.976 bits per heavy atom. The first kappa shape index (κ1) is 30.1. The summed E-state index contributed by atoms with van der Waals surface area (Å²) in [5, 5.41) is 11.9. The maximum atomic E-state index is 13.7. The molecule has 2 atom stereocenters. The average molecular weight is 563 g/mol. The summed E-state index contributed by atoms with van der Waals surface area (Å²) in [5.41, 5.74) is 0.365. The fourth-order valence-corrected chi connectivity index (χ4v) is 5.44. The van der Waals surface area contributed by atoms with Gasteiger partial charge in [-0.25, -0.2) is 0 Å². The predicted octanol–water partition coefficient (Wildman–Crippen LogP) is 3.28. The number of carbonyl (C=O) groups excluding carboxylic acids is 4. The Hall–Kier alpha value is -3.88. The number of para-hydroxylation sites is 1. The molecule has 1 saturated carbocycles. The average Bonchev–Trinajstić information content (AvgIpc) is 2.97. The number of ether oxygens (including phenoxy) is 1. The first-order chi connectivity index (χ1) is 19.8. The Labute approximate surface area is 242 Å². The van der Waals surface area contributed by atoms with Gasteiger partial charge in [0.1, 0.15) is 23.9 Å². The predicted molar refractivity (Wildman–Crippen MR) is 156 cm³/mol. The zero-order valence-electron chi connectivity index (χ0n) is 24.0. The highest BCUT2D eigenvalue weighted by atomic mass is 16.5. The van der Waals surface area contributed by atoms with E-state index in [1.807, 2.05) is 44.2 Å². The van der Waals surface area contributed by atoms with Gasteiger partial charge >= 0.3 is 0 Å². The van der Waals surface area contributed by atoms with Crippen molar-refractivity contribution in [3.8, 4) is 5.75 Å². The summed E-state index contributed by atoms with van der Waals surface area (Å²) in [4.78, 5) is 53.6. The second-order valence-corrected chi connectivity index (χ2v) is 11.4. The second kappa shape index (κ2) is 14.1. The standard InChI is InChI=1S/C32H42N4O5/c1-22(2)26-21-41-27-14-8-7-13-24(27)29(38)34-25(30(39)33-20-17-23-11-5-3-6-12-23)15-16-28(37)36-32(31(40)35-26)18-9-4-10-19-32/h3,5-8,11-14,22,25-26H,4,9-10,15-21H2,1-2H3,(H,33,39)(H,34,38)(H,35,40)(H,36,37)/t25-,26+/m0/s1. The zero-order valence-corrected chi connectivity index (χ0v) is 24.0. The van der Waals surface area contributed by atoms with E-state index in [1.54, 1.807) is 24.3 Å². The van der Waals surface area contributed by atoms with Crippen LogP contribution in [0.25, 0.3) is 0 Å². The Kier molecular flexibility index (Phi) is 10.4. The Bertz CT molecular complexity index is 1210. The highest BCUT2D eigenvalue weighted by Crippen LogP contribution is 2.29. The molecule has 2 aliphatic rings. The molecule has 4 rings (SSSR count). The van der Waals surface area contributed by atoms with Gasteiger partial charge in [0.25, 0.3) is 5.91 Å². The van der Waals surface area contributed by atoms with E-state index in [9.17, 15) is 19.2 Å². The minimum absolute atomic E-state index is 0.0160. The highest BCUT2D eigenvalue weighted by Gasteiger charge is 2.42. The minimum atomic E-state index is -1.00. The van der Waals surface area contributed by atoms with Crippen LogP contribution in [-0.4, -0.2) is 54.4 Å². The number of hydrogen-bond donors (Lipinski definition) is 4. The smallest absolute Gasteiger partial charge is 0.255 e. The van der Waals surface area contributed by atoms with Crippen molar-refractivity contribution in [2.24, 2.45) is 5.92 Å². The third-order valence-corrected chi connectivity index (χ3v) is 8.03. The highest BCUT2D eigenvalue weighted by molar-refractivity contribution is 6.00. The molecular formula is C32H42N4O5. The quantitative estimate of drug-likeness (QED) is 0.445. The molecule has 4 amide bonds. The molecule has 1 aliphatic heterocycles. The fourth-order valence-electron chi connectivity index (χ4n) is 5.44. The topological polar surface area (TPSA) is 126 Å². The van der Waals surface area contributed by atoms with Crippen LogP contribution in [0.4, 0.5) is 0 Å². The van der Waals surface area contributed by atoms with Gasteiger partial charge in [-0.1, -0.05) is 75.6 Å². The van der Waals surface area contributed by atoms with Crippen molar-refractivity contribution in [2.75, 3.05) is 13.2 Å². The van der Waals surface area contributed by atoms with Crippen LogP contribution in [0.3, 0.4) is 0 Å². The molecule has 2 aromatic carbocycles. The molecule has 0 saturated heterocycles. The largest absolute Gasteiger partial charge is 0.491 e. The van der Waals surface area contributed by atoms with E-state index in [2.05, 4.69) is 21.3 Å². The molecule has 9 nitrogen and oxygen atoms in total. The van der Waals surface area contributed by atoms with Crippen molar-refractivity contribution in [3.63, 3.8) is 0 Å². The van der Waals surface area contributed by atoms with E-state index in [-0.39, 0.29) is 54.7 Å². The summed E-state index contributed by atoms with van der Waals surface area (Å²) in [5.74, 6) is -0.935. The van der Waals surface area contributed by atoms with Crippen LogP contribution in [-0.2, 0) is 20.8 Å². The Morgan fingerprint density at radius 3 is 2.41 bits per heavy atom. The van der Waals surface area contributed by atoms with Crippen molar-refractivity contribution in [2.45, 2.75) is 82.8 Å². The molecule has 4 N–H and O–H groups in total. The number of amides is 4. The van der Waals surface area contributed by atoms with E-state index in [1.165, 1.54) is 0 Å². The lowest BCUT2D eigenvalue weighted by molar-refractivity contribution is -0.136. The molecular weight excluding hydrogens is 520 g/mol. The van der Waals surface area contributed by atoms with Gasteiger partial charge < -0.3 is 26.0 Å². The lowest BCUT2D eigenvalue weighted by Crippen LogP contribution is -2.62. The lowest BCUT2D eigenvalue weighted by atomic mass is 9.80. The molecule has 1 spiro atoms. The number of nitrogens with one attached hydrogen (secondary N) is 4. The van der Waals surface area contributed by atoms with Crippen LogP contribution in [0, 0.1) is 5.92 Å². The number of carbonyl (C=O) groups is 4. The molecule has 1 heterocycles. The first-order valence-corrected chi connectivity index (χ1v) is 14.7. The zero-order chi connectivity index (χ0) is 29.2. The van der Waals surface area contributed by atoms with Crippen LogP contribution in [0.5, 0.6) is 5.75 Å². The maximum absolute atomic E-state index is 13.7. The van der Waals surface area contributed by atoms with Crippen LogP contribution in [0.1, 0.15) is 74.7 Å². The van der Waals surface area contributed by atoms with Gasteiger partial charge in [-0.3, -0.25) is 19.2 Å². The summed E-state index contributed by atoms with van der Waals surface area (Å²) in [6, 6.07) is 15.4. The summed E-state index contributed by atoms with van der Waals surface area (Å²) < 4.78 is 6.10. The van der Waals surface area contributed by atoms with Crippen molar-refractivity contribution >= 4 is 23.6 Å². The molecule has 41 heavy (non-hydrogen) atoms. The molecule has 0 bridgehead atoms. The van der Waals surface area contributed by atoms with Crippen LogP contribution >= 0.6 is 0 Å². The number of rotatable bonds is 5. The normalized spacial score (nSPS) is 21.8. The van der Waals surface area contributed by atoms with E-state index >= 15 is 0 Å². The third-order valence-electron chi connectivity index (χ3n) is 8.03. The summed E-state index contributed by atoms with van der Waals surface area (Å²) >= 11 is 0. The monoisotopic (exact) mass is 562 g/mol. The van der Waals surface area contributed by atoms with Crippen molar-refractivity contribution in [1.29, 1.82) is 0 Å². The van der Waals surface area contributed by atoms with Gasteiger partial charge in [-0.05, 0) is 49.3 Å². The number of fused-ring (bicyclic) bond motifs is 1. The van der Waals surface area contributed by atoms with Gasteiger partial charge in [0.15, 0.2) is 0 Å². The van der Waals surface area contributed by atoms with Gasteiger partial charge in [-0.15, -0.1) is 0 Å². The Balaban J connectivity index is 1.58. The number of benzene rings is 2. The van der Waals surface area contributed by atoms with Crippen LogP contribution < -0.4 is 26.0 Å². The lowest BCUT2D eigenvalue weighted by Gasteiger charge is -2.38. The first-order valence-electron chi connectivity index (χ1n) is 14.7. The maximum Gasteiger partial charge on any atom is 0.255 e. The van der Waals surface area contributed by atoms with Crippen molar-refractivity contribution < 1.29 is 23.9 Å². The molecule has 1 fully saturated rings. The fraction of sp³-hybridized carbons (Fsp3) is 0.500. The molecule has 220 valence electrons. The van der Waals surface area contributed by atoms with Gasteiger partial charge in [0.2, 0.25) is 17.7 Å². The summed E-state index contributed by atoms with van der Waals surface area (Å²) in [6.07, 6.45) is 4.51. The molecule has 9 heteroatoms. The number of hydrogen-bond acceptors (Lipinski definition) is 5. The molecule has 1 aliphatic carbocycles. The molecule has 2 aromatic rings. The molecule has 0 radical (unpaired) electrons. The SMILES string of the molecule is CC(C)[C@H]1COc2ccccc2C(=O)N[C@H](C(=O)NCCc2ccccc2)CCC(=O)NC2(CCCCC2)C(=O)N1. The van der Waals surface area contributed by atoms with Crippen LogP contribution in [0.2, 0.25) is 0 Å². The van der Waals surface area contributed by atoms with Crippen molar-refractivity contribution in [1.82, 2.24) is 21.3 Å². The van der Waals surface area contributed by atoms with Crippen molar-refractivity contribution in [3.05, 3.63) is 65.7 Å². The summed E-state index contributed by atoms with van der Waals surface area (Å²) in [6.45, 7) is 4.53. The summed E-state index contributed by atoms with van der Waals surface area (Å²) in [7, 11) is 0. The molecule has 0 aromatic heterocycles. The van der Waals surface area contributed by atoms with Gasteiger partial charge in [-0.2, -0.15) is 0 Å². The van der Waals surface area contributed by atoms with E-state index in [0.717, 1.165) is 24.8 Å². The molecule has 0 unspecified atom stereocenters. The third kappa shape index (κ3) is 8.08. The Morgan fingerprint density at radius 2 is 1.68 bits per heavy atom. The van der Waals surface area contributed by atoms with Gasteiger partial charge in [0, 0.05) is 13.0 Å².